The van der Waals surface area contributed by atoms with Crippen LogP contribution in [0.5, 0.6) is 0 Å². The van der Waals surface area contributed by atoms with Crippen molar-refractivity contribution in [1.29, 1.82) is 0 Å². The molecule has 1 aromatic heterocycles. The number of benzene rings is 1. The van der Waals surface area contributed by atoms with Crippen molar-refractivity contribution >= 4 is 63.1 Å². The second kappa shape index (κ2) is 11.9. The number of rotatable bonds is 8. The van der Waals surface area contributed by atoms with Crippen LogP contribution in [0.15, 0.2) is 56.6 Å². The fraction of sp³-hybridized carbons (Fsp3) is 0.353. The standard InChI is InChI=1S/C17H24N4O2S3.HI/c1-3-19-17(20-11-13(2)24-14-7-5-4-6-8-14)21-12-15-9-10-16(25-15)26(18,22)23;/h4-10,13H,3,11-12H2,1-2H3,(H2,18,22,23)(H2,19,20,21);1H. The molecule has 6 nitrogen and oxygen atoms in total. The maximum Gasteiger partial charge on any atom is 0.247 e. The Morgan fingerprint density at radius 2 is 1.93 bits per heavy atom. The Hall–Kier alpha value is -0.820. The average molecular weight is 541 g/mol. The van der Waals surface area contributed by atoms with Gasteiger partial charge in [-0.2, -0.15) is 0 Å². The molecule has 2 rings (SSSR count). The number of thiophene rings is 1. The van der Waals surface area contributed by atoms with Gasteiger partial charge in [-0.05, 0) is 31.2 Å². The van der Waals surface area contributed by atoms with Gasteiger partial charge < -0.3 is 10.6 Å². The lowest BCUT2D eigenvalue weighted by Crippen LogP contribution is -2.40. The molecule has 0 spiro atoms. The van der Waals surface area contributed by atoms with Crippen LogP contribution in [0, 0.1) is 0 Å². The van der Waals surface area contributed by atoms with Crippen molar-refractivity contribution in [3.05, 3.63) is 47.3 Å². The summed E-state index contributed by atoms with van der Waals surface area (Å²) >= 11 is 2.95. The summed E-state index contributed by atoms with van der Waals surface area (Å²) in [6.45, 7) is 6.07. The first-order valence-electron chi connectivity index (χ1n) is 8.24. The molecule has 0 saturated heterocycles. The molecule has 0 radical (unpaired) electrons. The molecule has 27 heavy (non-hydrogen) atoms. The van der Waals surface area contributed by atoms with E-state index >= 15 is 0 Å². The summed E-state index contributed by atoms with van der Waals surface area (Å²) in [4.78, 5) is 6.60. The van der Waals surface area contributed by atoms with E-state index in [9.17, 15) is 8.42 Å². The predicted molar refractivity (Wildman–Crippen MR) is 126 cm³/mol. The van der Waals surface area contributed by atoms with Crippen molar-refractivity contribution in [1.82, 2.24) is 10.6 Å². The van der Waals surface area contributed by atoms with E-state index in [0.29, 0.717) is 17.8 Å². The summed E-state index contributed by atoms with van der Waals surface area (Å²) in [6, 6.07) is 13.5. The van der Waals surface area contributed by atoms with Crippen molar-refractivity contribution in [3.8, 4) is 0 Å². The largest absolute Gasteiger partial charge is 0.357 e. The van der Waals surface area contributed by atoms with E-state index in [-0.39, 0.29) is 28.2 Å². The second-order valence-corrected chi connectivity index (χ2v) is 10.1. The fourth-order valence-electron chi connectivity index (χ4n) is 2.11. The highest BCUT2D eigenvalue weighted by Gasteiger charge is 2.11. The highest BCUT2D eigenvalue weighted by atomic mass is 127. The van der Waals surface area contributed by atoms with Gasteiger partial charge in [0.15, 0.2) is 5.96 Å². The average Bonchev–Trinajstić information content (AvgIpc) is 3.08. The number of sulfonamides is 1. The van der Waals surface area contributed by atoms with E-state index in [1.54, 1.807) is 17.8 Å². The van der Waals surface area contributed by atoms with Crippen LogP contribution in [0.1, 0.15) is 18.7 Å². The second-order valence-electron chi connectivity index (χ2n) is 5.58. The smallest absolute Gasteiger partial charge is 0.247 e. The van der Waals surface area contributed by atoms with Gasteiger partial charge in [0.05, 0.1) is 6.54 Å². The minimum Gasteiger partial charge on any atom is -0.357 e. The Kier molecular flexibility index (Phi) is 10.7. The first-order chi connectivity index (χ1) is 12.4. The van der Waals surface area contributed by atoms with Crippen molar-refractivity contribution in [2.45, 2.75) is 34.7 Å². The van der Waals surface area contributed by atoms with Gasteiger partial charge in [-0.25, -0.2) is 18.5 Å². The number of guanidine groups is 1. The van der Waals surface area contributed by atoms with Gasteiger partial charge in [0.2, 0.25) is 10.0 Å². The summed E-state index contributed by atoms with van der Waals surface area (Å²) in [5.74, 6) is 0.707. The monoisotopic (exact) mass is 540 g/mol. The minimum absolute atomic E-state index is 0. The van der Waals surface area contributed by atoms with Crippen molar-refractivity contribution in [2.24, 2.45) is 10.1 Å². The van der Waals surface area contributed by atoms with Gasteiger partial charge in [-0.1, -0.05) is 25.1 Å². The van der Waals surface area contributed by atoms with Crippen LogP contribution in [0.25, 0.3) is 0 Å². The van der Waals surface area contributed by atoms with Gasteiger partial charge in [0.25, 0.3) is 0 Å². The molecule has 1 aromatic carbocycles. The highest BCUT2D eigenvalue weighted by Crippen LogP contribution is 2.22. The molecule has 1 atom stereocenters. The molecule has 10 heteroatoms. The Bertz CT molecular complexity index is 826. The fourth-order valence-corrected chi connectivity index (χ4v) is 4.76. The molecule has 2 aromatic rings. The minimum atomic E-state index is -3.65. The maximum atomic E-state index is 11.3. The van der Waals surface area contributed by atoms with Crippen LogP contribution in [0.2, 0.25) is 0 Å². The van der Waals surface area contributed by atoms with Crippen molar-refractivity contribution in [3.63, 3.8) is 0 Å². The lowest BCUT2D eigenvalue weighted by molar-refractivity contribution is 0.600. The van der Waals surface area contributed by atoms with Crippen LogP contribution in [-0.2, 0) is 16.6 Å². The number of nitrogens with zero attached hydrogens (tertiary/aromatic N) is 1. The zero-order valence-corrected chi connectivity index (χ0v) is 20.0. The number of halogens is 1. The summed E-state index contributed by atoms with van der Waals surface area (Å²) < 4.78 is 22.8. The third-order valence-electron chi connectivity index (χ3n) is 3.29. The van der Waals surface area contributed by atoms with Gasteiger partial charge in [0.1, 0.15) is 4.21 Å². The van der Waals surface area contributed by atoms with E-state index in [0.717, 1.165) is 29.3 Å². The summed E-state index contributed by atoms with van der Waals surface area (Å²) in [5, 5.41) is 12.0. The number of hydrogen-bond donors (Lipinski definition) is 3. The zero-order valence-electron chi connectivity index (χ0n) is 15.2. The van der Waals surface area contributed by atoms with E-state index in [1.165, 1.54) is 11.0 Å². The number of hydrogen-bond acceptors (Lipinski definition) is 5. The summed E-state index contributed by atoms with van der Waals surface area (Å²) in [6.07, 6.45) is 0. The quantitative estimate of drug-likeness (QED) is 0.207. The van der Waals surface area contributed by atoms with E-state index in [4.69, 9.17) is 5.14 Å². The lowest BCUT2D eigenvalue weighted by Gasteiger charge is -2.15. The molecular formula is C17H25IN4O2S3. The highest BCUT2D eigenvalue weighted by molar-refractivity contribution is 14.0. The number of primary sulfonamides is 1. The Balaban J connectivity index is 0.00000364. The topological polar surface area (TPSA) is 96.6 Å². The zero-order chi connectivity index (χ0) is 19.0. The van der Waals surface area contributed by atoms with Crippen LogP contribution in [-0.4, -0.2) is 32.7 Å². The summed E-state index contributed by atoms with van der Waals surface area (Å²) in [7, 11) is -3.65. The van der Waals surface area contributed by atoms with Gasteiger partial charge in [0, 0.05) is 28.1 Å². The van der Waals surface area contributed by atoms with E-state index < -0.39 is 10.0 Å². The molecule has 4 N–H and O–H groups in total. The van der Waals surface area contributed by atoms with Gasteiger partial charge in [-0.3, -0.25) is 0 Å². The molecule has 0 aliphatic rings. The Morgan fingerprint density at radius 1 is 1.22 bits per heavy atom. The van der Waals surface area contributed by atoms with Crippen LogP contribution < -0.4 is 15.8 Å². The predicted octanol–water partition coefficient (Wildman–Crippen LogP) is 3.25. The molecule has 0 amide bonds. The van der Waals surface area contributed by atoms with E-state index in [1.807, 2.05) is 25.1 Å². The third kappa shape index (κ3) is 8.81. The van der Waals surface area contributed by atoms with Crippen LogP contribution >= 0.6 is 47.1 Å². The van der Waals surface area contributed by atoms with Gasteiger partial charge in [-0.15, -0.1) is 47.1 Å². The van der Waals surface area contributed by atoms with E-state index in [2.05, 4.69) is 34.7 Å². The van der Waals surface area contributed by atoms with Crippen molar-refractivity contribution < 1.29 is 8.42 Å². The normalized spacial score (nSPS) is 12.9. The maximum absolute atomic E-state index is 11.3. The van der Waals surface area contributed by atoms with Gasteiger partial charge >= 0.3 is 0 Å². The first-order valence-corrected chi connectivity index (χ1v) is 11.5. The molecule has 0 aliphatic heterocycles. The number of aliphatic imine (C=N–C) groups is 1. The molecule has 150 valence electrons. The molecular weight excluding hydrogens is 515 g/mol. The molecule has 0 aliphatic carbocycles. The number of nitrogens with two attached hydrogens (primary N) is 1. The number of thioether (sulfide) groups is 1. The SMILES string of the molecule is CCNC(=NCc1ccc(S(N)(=O)=O)s1)NCC(C)Sc1ccccc1.I. The van der Waals surface area contributed by atoms with Crippen LogP contribution in [0.4, 0.5) is 0 Å². The van der Waals surface area contributed by atoms with Crippen molar-refractivity contribution in [2.75, 3.05) is 13.1 Å². The molecule has 1 unspecified atom stereocenters. The molecule has 0 bridgehead atoms. The molecule has 0 saturated carbocycles. The third-order valence-corrected chi connectivity index (χ3v) is 6.91. The first kappa shape index (κ1) is 24.2. The number of nitrogens with one attached hydrogen (secondary N) is 2. The molecule has 0 fully saturated rings. The summed E-state index contributed by atoms with van der Waals surface area (Å²) in [5.41, 5.74) is 0. The van der Waals surface area contributed by atoms with Crippen LogP contribution in [0.3, 0.4) is 0 Å². The molecule has 1 heterocycles. The Morgan fingerprint density at radius 3 is 2.52 bits per heavy atom. The Labute approximate surface area is 186 Å². The lowest BCUT2D eigenvalue weighted by atomic mass is 10.4.